The third-order valence-corrected chi connectivity index (χ3v) is 4.24. The molecule has 1 aromatic heterocycles. The summed E-state index contributed by atoms with van der Waals surface area (Å²) in [5, 5.41) is 13.6. The Kier molecular flexibility index (Phi) is 5.05. The van der Waals surface area contributed by atoms with Crippen LogP contribution in [-0.4, -0.2) is 63.2 Å². The number of amides is 1. The number of rotatable bonds is 5. The summed E-state index contributed by atoms with van der Waals surface area (Å²) in [4.78, 5) is 16.9. The first-order valence-electron chi connectivity index (χ1n) is 8.21. The van der Waals surface area contributed by atoms with Gasteiger partial charge in [0.25, 0.3) is 0 Å². The van der Waals surface area contributed by atoms with Crippen molar-refractivity contribution in [3.63, 3.8) is 0 Å². The number of aromatic nitrogens is 4. The van der Waals surface area contributed by atoms with Crippen molar-refractivity contribution in [2.75, 3.05) is 36.4 Å². The lowest BCUT2D eigenvalue weighted by Crippen LogP contribution is -2.48. The maximum Gasteiger partial charge on any atom is 0.246 e. The molecule has 128 valence electrons. The molecule has 1 aromatic carbocycles. The Morgan fingerprint density at radius 1 is 1.25 bits per heavy atom. The molecule has 2 heterocycles. The van der Waals surface area contributed by atoms with Crippen molar-refractivity contribution in [2.24, 2.45) is 0 Å². The van der Waals surface area contributed by atoms with Crippen molar-refractivity contribution >= 4 is 17.3 Å². The molecule has 0 aliphatic carbocycles. The van der Waals surface area contributed by atoms with Gasteiger partial charge in [-0.2, -0.15) is 0 Å². The Bertz CT molecular complexity index is 663. The van der Waals surface area contributed by atoms with Crippen LogP contribution in [0.4, 0.5) is 11.4 Å². The molecule has 2 aromatic rings. The van der Waals surface area contributed by atoms with Crippen molar-refractivity contribution in [3.05, 3.63) is 30.6 Å². The monoisotopic (exact) mass is 329 g/mol. The van der Waals surface area contributed by atoms with E-state index in [1.807, 2.05) is 18.2 Å². The molecule has 1 N–H and O–H groups in total. The van der Waals surface area contributed by atoms with Gasteiger partial charge in [0.2, 0.25) is 5.91 Å². The summed E-state index contributed by atoms with van der Waals surface area (Å²) >= 11 is 0. The van der Waals surface area contributed by atoms with Gasteiger partial charge < -0.3 is 10.2 Å². The van der Waals surface area contributed by atoms with Crippen LogP contribution in [0.3, 0.4) is 0 Å². The highest BCUT2D eigenvalue weighted by molar-refractivity contribution is 5.91. The normalized spacial score (nSPS) is 15.7. The highest BCUT2D eigenvalue weighted by Crippen LogP contribution is 2.21. The lowest BCUT2D eigenvalue weighted by atomic mass is 10.2. The van der Waals surface area contributed by atoms with Crippen LogP contribution in [0.15, 0.2) is 30.6 Å². The average Bonchev–Trinajstić information content (AvgIpc) is 3.08. The number of anilines is 2. The molecule has 1 aliphatic heterocycles. The van der Waals surface area contributed by atoms with Crippen molar-refractivity contribution < 1.29 is 4.79 Å². The molecule has 24 heavy (non-hydrogen) atoms. The Morgan fingerprint density at radius 2 is 2.04 bits per heavy atom. The topological polar surface area (TPSA) is 79.2 Å². The first kappa shape index (κ1) is 16.4. The zero-order valence-corrected chi connectivity index (χ0v) is 14.1. The summed E-state index contributed by atoms with van der Waals surface area (Å²) in [7, 11) is 0. The molecule has 0 radical (unpaired) electrons. The molecule has 1 amide bonds. The maximum absolute atomic E-state index is 12.0. The van der Waals surface area contributed by atoms with Crippen LogP contribution in [-0.2, 0) is 11.3 Å². The van der Waals surface area contributed by atoms with E-state index in [1.54, 1.807) is 0 Å². The summed E-state index contributed by atoms with van der Waals surface area (Å²) in [5.74, 6) is -0.149. The molecule has 3 rings (SSSR count). The number of nitrogens with zero attached hydrogens (tertiary/aromatic N) is 6. The molecule has 1 saturated heterocycles. The fourth-order valence-electron chi connectivity index (χ4n) is 2.88. The van der Waals surface area contributed by atoms with Crippen molar-refractivity contribution in [1.29, 1.82) is 0 Å². The van der Waals surface area contributed by atoms with Crippen LogP contribution >= 0.6 is 0 Å². The summed E-state index contributed by atoms with van der Waals surface area (Å²) in [6.45, 7) is 8.69. The highest BCUT2D eigenvalue weighted by atomic mass is 16.2. The molecule has 0 bridgehead atoms. The van der Waals surface area contributed by atoms with E-state index in [4.69, 9.17) is 0 Å². The Hall–Kier alpha value is -2.48. The minimum atomic E-state index is -0.149. The van der Waals surface area contributed by atoms with Gasteiger partial charge in [-0.05, 0) is 42.5 Å². The second-order valence-corrected chi connectivity index (χ2v) is 6.22. The zero-order valence-electron chi connectivity index (χ0n) is 14.1. The summed E-state index contributed by atoms with van der Waals surface area (Å²) in [5.41, 5.74) is 1.93. The number of hydrogen-bond donors (Lipinski definition) is 1. The van der Waals surface area contributed by atoms with Crippen molar-refractivity contribution in [2.45, 2.75) is 26.4 Å². The maximum atomic E-state index is 12.0. The first-order chi connectivity index (χ1) is 11.6. The van der Waals surface area contributed by atoms with Crippen LogP contribution in [0.25, 0.3) is 0 Å². The Labute approximate surface area is 141 Å². The van der Waals surface area contributed by atoms with Gasteiger partial charge in [-0.3, -0.25) is 9.69 Å². The molecular weight excluding hydrogens is 306 g/mol. The van der Waals surface area contributed by atoms with Crippen molar-refractivity contribution in [3.8, 4) is 0 Å². The molecule has 0 saturated carbocycles. The highest BCUT2D eigenvalue weighted by Gasteiger charge is 2.19. The average molecular weight is 329 g/mol. The van der Waals surface area contributed by atoms with Crippen LogP contribution in [0.2, 0.25) is 0 Å². The minimum absolute atomic E-state index is 0.101. The summed E-state index contributed by atoms with van der Waals surface area (Å²) in [6, 6.07) is 8.55. The smallest absolute Gasteiger partial charge is 0.246 e. The van der Waals surface area contributed by atoms with Gasteiger partial charge in [0, 0.05) is 43.6 Å². The van der Waals surface area contributed by atoms with E-state index in [-0.39, 0.29) is 12.5 Å². The van der Waals surface area contributed by atoms with E-state index in [9.17, 15) is 4.79 Å². The molecule has 8 heteroatoms. The predicted molar refractivity (Wildman–Crippen MR) is 91.8 cm³/mol. The molecule has 8 nitrogen and oxygen atoms in total. The second-order valence-electron chi connectivity index (χ2n) is 6.22. The molecule has 1 fully saturated rings. The van der Waals surface area contributed by atoms with E-state index < -0.39 is 0 Å². The van der Waals surface area contributed by atoms with Crippen LogP contribution in [0, 0.1) is 0 Å². The number of tetrazole rings is 1. The zero-order chi connectivity index (χ0) is 16.9. The van der Waals surface area contributed by atoms with Crippen LogP contribution in [0.5, 0.6) is 0 Å². The van der Waals surface area contributed by atoms with E-state index in [2.05, 4.69) is 50.6 Å². The standard InChI is InChI=1S/C16H23N7O/c1-13(2)21-6-8-22(9-7-21)15-5-3-4-14(10-15)18-16(24)11-23-12-17-19-20-23/h3-5,10,12-13H,6-9,11H2,1-2H3,(H,18,24). The Morgan fingerprint density at radius 3 is 2.71 bits per heavy atom. The van der Waals surface area contributed by atoms with Gasteiger partial charge >= 0.3 is 0 Å². The summed E-state index contributed by atoms with van der Waals surface area (Å²) < 4.78 is 1.39. The third kappa shape index (κ3) is 4.08. The number of carbonyl (C=O) groups excluding carboxylic acids is 1. The van der Waals surface area contributed by atoms with Crippen LogP contribution in [0.1, 0.15) is 13.8 Å². The molecular formula is C16H23N7O. The van der Waals surface area contributed by atoms with Gasteiger partial charge in [0.15, 0.2) is 0 Å². The van der Waals surface area contributed by atoms with Gasteiger partial charge in [0.05, 0.1) is 0 Å². The summed E-state index contributed by atoms with van der Waals surface area (Å²) in [6.07, 6.45) is 1.42. The van der Waals surface area contributed by atoms with E-state index in [1.165, 1.54) is 11.0 Å². The first-order valence-corrected chi connectivity index (χ1v) is 8.21. The van der Waals surface area contributed by atoms with Gasteiger partial charge in [-0.15, -0.1) is 5.10 Å². The number of piperazine rings is 1. The lowest BCUT2D eigenvalue weighted by Gasteiger charge is -2.38. The largest absolute Gasteiger partial charge is 0.369 e. The van der Waals surface area contributed by atoms with E-state index >= 15 is 0 Å². The fourth-order valence-corrected chi connectivity index (χ4v) is 2.88. The van der Waals surface area contributed by atoms with Gasteiger partial charge in [-0.1, -0.05) is 6.07 Å². The SMILES string of the molecule is CC(C)N1CCN(c2cccc(NC(=O)Cn3cnnn3)c2)CC1. The Balaban J connectivity index is 1.59. The quantitative estimate of drug-likeness (QED) is 0.876. The molecule has 1 aliphatic rings. The number of carbonyl (C=O) groups is 1. The molecule has 0 atom stereocenters. The molecule has 0 spiro atoms. The number of nitrogens with one attached hydrogen (secondary N) is 1. The van der Waals surface area contributed by atoms with Crippen molar-refractivity contribution in [1.82, 2.24) is 25.1 Å². The second kappa shape index (κ2) is 7.39. The van der Waals surface area contributed by atoms with Crippen LogP contribution < -0.4 is 10.2 Å². The molecule has 0 unspecified atom stereocenters. The lowest BCUT2D eigenvalue weighted by molar-refractivity contribution is -0.116. The van der Waals surface area contributed by atoms with E-state index in [0.717, 1.165) is 37.6 Å². The predicted octanol–water partition coefficient (Wildman–Crippen LogP) is 0.842. The van der Waals surface area contributed by atoms with Gasteiger partial charge in [0.1, 0.15) is 12.9 Å². The van der Waals surface area contributed by atoms with E-state index in [0.29, 0.717) is 6.04 Å². The fraction of sp³-hybridized carbons (Fsp3) is 0.500. The minimum Gasteiger partial charge on any atom is -0.369 e. The van der Waals surface area contributed by atoms with Gasteiger partial charge in [-0.25, -0.2) is 4.68 Å². The number of hydrogen-bond acceptors (Lipinski definition) is 6. The third-order valence-electron chi connectivity index (χ3n) is 4.24. The number of benzene rings is 1.